The number of hydrogen-bond acceptors (Lipinski definition) is 6. The summed E-state index contributed by atoms with van der Waals surface area (Å²) in [5, 5.41) is 0. The van der Waals surface area contributed by atoms with E-state index in [9.17, 15) is 14.4 Å². The molecule has 0 saturated carbocycles. The van der Waals surface area contributed by atoms with E-state index in [0.717, 1.165) is 16.9 Å². The zero-order valence-corrected chi connectivity index (χ0v) is 22.0. The summed E-state index contributed by atoms with van der Waals surface area (Å²) in [6, 6.07) is 14.8. The number of amides is 1. The van der Waals surface area contributed by atoms with Gasteiger partial charge in [0.05, 0.1) is 31.7 Å². The monoisotopic (exact) mass is 529 g/mol. The van der Waals surface area contributed by atoms with Crippen molar-refractivity contribution in [3.8, 4) is 17.6 Å². The van der Waals surface area contributed by atoms with Crippen LogP contribution in [0.1, 0.15) is 31.9 Å². The van der Waals surface area contributed by atoms with Crippen molar-refractivity contribution >= 4 is 22.1 Å². The summed E-state index contributed by atoms with van der Waals surface area (Å²) in [7, 11) is 1.63. The lowest BCUT2D eigenvalue weighted by molar-refractivity contribution is 0.0303. The number of aryl methyl sites for hydroxylation is 1. The molecule has 1 fully saturated rings. The molecule has 2 aromatic carbocycles. The number of hydrogen-bond donors (Lipinski definition) is 0. The van der Waals surface area contributed by atoms with E-state index in [0.29, 0.717) is 53.6 Å². The third kappa shape index (κ3) is 5.28. The average Bonchev–Trinajstić information content (AvgIpc) is 3.39. The highest BCUT2D eigenvalue weighted by atomic mass is 32.1. The highest BCUT2D eigenvalue weighted by Gasteiger charge is 2.19. The van der Waals surface area contributed by atoms with Gasteiger partial charge in [-0.25, -0.2) is 4.79 Å². The molecule has 194 valence electrons. The summed E-state index contributed by atoms with van der Waals surface area (Å²) in [6.45, 7) is 4.05. The van der Waals surface area contributed by atoms with E-state index >= 15 is 0 Å². The maximum Gasteiger partial charge on any atom is 0.336 e. The van der Waals surface area contributed by atoms with Crippen LogP contribution in [0.25, 0.3) is 4.83 Å². The number of nitrogens with zero attached hydrogens (tertiary/aromatic N) is 3. The quantitative estimate of drug-likeness (QED) is 0.372. The van der Waals surface area contributed by atoms with E-state index in [1.165, 1.54) is 20.3 Å². The minimum absolute atomic E-state index is 0.0485. The molecule has 0 spiro atoms. The van der Waals surface area contributed by atoms with Gasteiger partial charge in [0.25, 0.3) is 11.5 Å². The van der Waals surface area contributed by atoms with Crippen LogP contribution in [0.5, 0.6) is 5.75 Å². The summed E-state index contributed by atoms with van der Waals surface area (Å²) in [4.78, 5) is 42.1. The molecule has 38 heavy (non-hydrogen) atoms. The van der Waals surface area contributed by atoms with Gasteiger partial charge in [0, 0.05) is 36.8 Å². The van der Waals surface area contributed by atoms with Gasteiger partial charge in [-0.2, -0.15) is 0 Å². The molecule has 0 N–H and O–H groups in total. The van der Waals surface area contributed by atoms with Crippen molar-refractivity contribution in [1.29, 1.82) is 0 Å². The number of rotatable bonds is 5. The lowest BCUT2D eigenvalue weighted by Crippen LogP contribution is -2.40. The Labute approximate surface area is 223 Å². The second-order valence-corrected chi connectivity index (χ2v) is 10.0. The van der Waals surface area contributed by atoms with E-state index in [1.807, 2.05) is 24.3 Å². The van der Waals surface area contributed by atoms with Gasteiger partial charge in [0.2, 0.25) is 0 Å². The number of aromatic nitrogens is 2. The Kier molecular flexibility index (Phi) is 7.45. The number of fused-ring (bicyclic) bond motifs is 1. The normalized spacial score (nSPS) is 13.3. The van der Waals surface area contributed by atoms with Gasteiger partial charge >= 0.3 is 5.69 Å². The molecule has 0 aliphatic carbocycles. The number of thiazole rings is 1. The van der Waals surface area contributed by atoms with Crippen LogP contribution in [0, 0.1) is 18.8 Å². The molecule has 0 atom stereocenters. The van der Waals surface area contributed by atoms with Gasteiger partial charge in [-0.15, -0.1) is 11.3 Å². The average molecular weight is 530 g/mol. The van der Waals surface area contributed by atoms with Crippen LogP contribution >= 0.6 is 11.3 Å². The highest BCUT2D eigenvalue weighted by Crippen LogP contribution is 2.18. The van der Waals surface area contributed by atoms with Crippen molar-refractivity contribution in [3.63, 3.8) is 0 Å². The molecule has 0 bridgehead atoms. The summed E-state index contributed by atoms with van der Waals surface area (Å²) < 4.78 is 13.3. The Hall–Kier alpha value is -4.13. The molecular weight excluding hydrogens is 502 g/mol. The molecule has 1 amide bonds. The van der Waals surface area contributed by atoms with Gasteiger partial charge in [-0.3, -0.25) is 18.6 Å². The molecule has 5 rings (SSSR count). The molecule has 4 aromatic rings. The zero-order chi connectivity index (χ0) is 26.6. The van der Waals surface area contributed by atoms with Crippen molar-refractivity contribution in [2.75, 3.05) is 33.4 Å². The number of benzene rings is 2. The molecular formula is C29H27N3O5S. The fourth-order valence-corrected chi connectivity index (χ4v) is 5.32. The molecule has 1 saturated heterocycles. The lowest BCUT2D eigenvalue weighted by atomic mass is 10.1. The van der Waals surface area contributed by atoms with Crippen LogP contribution < -0.4 is 16.0 Å². The molecule has 3 heterocycles. The van der Waals surface area contributed by atoms with Gasteiger partial charge in [0.1, 0.15) is 10.6 Å². The van der Waals surface area contributed by atoms with Gasteiger partial charge in [0.15, 0.2) is 0 Å². The van der Waals surface area contributed by atoms with Gasteiger partial charge < -0.3 is 14.4 Å². The first-order valence-corrected chi connectivity index (χ1v) is 13.1. The van der Waals surface area contributed by atoms with Gasteiger partial charge in [-0.05, 0) is 42.3 Å². The van der Waals surface area contributed by atoms with E-state index in [1.54, 1.807) is 49.4 Å². The SMILES string of the molecule is COc1cccc(CC#Cc2cn3c(=O)n(Cc4ccc(C(=O)N5CCOCC5)cc4)c(=O)c(C)c3s2)c1. The standard InChI is InChI=1S/C29H27N3O5S/c1-20-26(33)31(18-22-9-11-23(12-10-22)27(34)30-13-15-37-16-14-30)29(35)32-19-25(38-28(20)32)8-4-6-21-5-3-7-24(17-21)36-2/h3,5,7,9-12,17,19H,6,13-16,18H2,1-2H3. The van der Waals surface area contributed by atoms with E-state index in [4.69, 9.17) is 9.47 Å². The second kappa shape index (κ2) is 11.1. The first kappa shape index (κ1) is 25.5. The first-order valence-electron chi connectivity index (χ1n) is 12.3. The van der Waals surface area contributed by atoms with Crippen molar-refractivity contribution in [1.82, 2.24) is 13.9 Å². The highest BCUT2D eigenvalue weighted by molar-refractivity contribution is 7.18. The van der Waals surface area contributed by atoms with Crippen LogP contribution in [0.15, 0.2) is 64.3 Å². The lowest BCUT2D eigenvalue weighted by Gasteiger charge is -2.26. The minimum atomic E-state index is -0.416. The summed E-state index contributed by atoms with van der Waals surface area (Å²) >= 11 is 1.33. The van der Waals surface area contributed by atoms with E-state index in [2.05, 4.69) is 11.8 Å². The Bertz CT molecular complexity index is 1670. The van der Waals surface area contributed by atoms with Crippen molar-refractivity contribution < 1.29 is 14.3 Å². The molecule has 8 nitrogen and oxygen atoms in total. The predicted molar refractivity (Wildman–Crippen MR) is 146 cm³/mol. The fourth-order valence-electron chi connectivity index (χ4n) is 4.36. The maximum absolute atomic E-state index is 13.3. The van der Waals surface area contributed by atoms with Gasteiger partial charge in [-0.1, -0.05) is 36.1 Å². The Morgan fingerprint density at radius 1 is 1.08 bits per heavy atom. The van der Waals surface area contributed by atoms with Crippen LogP contribution in [-0.4, -0.2) is 53.2 Å². The van der Waals surface area contributed by atoms with Crippen LogP contribution in [0.4, 0.5) is 0 Å². The molecule has 0 unspecified atom stereocenters. The van der Waals surface area contributed by atoms with Crippen LogP contribution in [0.3, 0.4) is 0 Å². The Morgan fingerprint density at radius 2 is 1.84 bits per heavy atom. The zero-order valence-electron chi connectivity index (χ0n) is 21.2. The molecule has 1 aliphatic rings. The number of carbonyl (C=O) groups is 1. The second-order valence-electron chi connectivity index (χ2n) is 9.00. The third-order valence-corrected chi connectivity index (χ3v) is 7.60. The molecule has 1 aliphatic heterocycles. The minimum Gasteiger partial charge on any atom is -0.497 e. The van der Waals surface area contributed by atoms with Crippen LogP contribution in [-0.2, 0) is 17.7 Å². The summed E-state index contributed by atoms with van der Waals surface area (Å²) in [6.07, 6.45) is 2.23. The smallest absolute Gasteiger partial charge is 0.336 e. The van der Waals surface area contributed by atoms with E-state index < -0.39 is 5.69 Å². The Balaban J connectivity index is 1.37. The number of ether oxygens (including phenoxy) is 2. The molecule has 9 heteroatoms. The summed E-state index contributed by atoms with van der Waals surface area (Å²) in [5.41, 5.74) is 2.11. The topological polar surface area (TPSA) is 82.2 Å². The maximum atomic E-state index is 13.3. The fraction of sp³-hybridized carbons (Fsp3) is 0.276. The molecule has 0 radical (unpaired) electrons. The predicted octanol–water partition coefficient (Wildman–Crippen LogP) is 2.95. The molecule has 2 aromatic heterocycles. The van der Waals surface area contributed by atoms with E-state index in [-0.39, 0.29) is 18.0 Å². The first-order chi connectivity index (χ1) is 18.4. The van der Waals surface area contributed by atoms with Crippen molar-refractivity contribution in [2.24, 2.45) is 0 Å². The third-order valence-electron chi connectivity index (χ3n) is 6.47. The van der Waals surface area contributed by atoms with Crippen molar-refractivity contribution in [3.05, 3.63) is 103 Å². The van der Waals surface area contributed by atoms with Crippen molar-refractivity contribution in [2.45, 2.75) is 19.9 Å². The number of carbonyl (C=O) groups excluding carboxylic acids is 1. The number of morpholine rings is 1. The Morgan fingerprint density at radius 3 is 2.58 bits per heavy atom. The largest absolute Gasteiger partial charge is 0.497 e. The number of methoxy groups -OCH3 is 1. The summed E-state index contributed by atoms with van der Waals surface area (Å²) in [5.74, 6) is 6.99. The van der Waals surface area contributed by atoms with Crippen LogP contribution in [0.2, 0.25) is 0 Å².